The van der Waals surface area contributed by atoms with Crippen molar-refractivity contribution in [1.29, 1.82) is 0 Å². The molecule has 2 aromatic rings. The van der Waals surface area contributed by atoms with Crippen LogP contribution in [0.1, 0.15) is 28.8 Å². The Morgan fingerprint density at radius 3 is 2.70 bits per heavy atom. The number of hydrogen-bond acceptors (Lipinski definition) is 3. The van der Waals surface area contributed by atoms with E-state index in [9.17, 15) is 0 Å². The molecule has 1 aromatic carbocycles. The first-order valence-corrected chi connectivity index (χ1v) is 8.06. The fraction of sp³-hybridized carbons (Fsp3) is 0.375. The molecule has 0 amide bonds. The van der Waals surface area contributed by atoms with Crippen molar-refractivity contribution in [3.8, 4) is 5.75 Å². The molecule has 108 valence electrons. The first-order valence-electron chi connectivity index (χ1n) is 6.81. The minimum atomic E-state index is 0.292. The van der Waals surface area contributed by atoms with Gasteiger partial charge in [-0.25, -0.2) is 0 Å². The van der Waals surface area contributed by atoms with Crippen LogP contribution in [-0.4, -0.2) is 13.2 Å². The summed E-state index contributed by atoms with van der Waals surface area (Å²) in [6, 6.07) is 8.13. The minimum Gasteiger partial charge on any atom is -0.492 e. The van der Waals surface area contributed by atoms with Crippen LogP contribution in [0, 0.1) is 6.92 Å². The second kappa shape index (κ2) is 7.11. The van der Waals surface area contributed by atoms with E-state index in [2.05, 4.69) is 24.4 Å². The van der Waals surface area contributed by atoms with E-state index in [0.29, 0.717) is 24.1 Å². The molecule has 2 N–H and O–H groups in total. The topological polar surface area (TPSA) is 35.2 Å². The molecule has 20 heavy (non-hydrogen) atoms. The maximum absolute atomic E-state index is 6.26. The Balaban J connectivity index is 2.19. The summed E-state index contributed by atoms with van der Waals surface area (Å²) in [6.07, 6.45) is 0.963. The predicted octanol–water partition coefficient (Wildman–Crippen LogP) is 4.39. The Labute approximate surface area is 129 Å². The SMILES string of the molecule is CCOc1ccc(C(CN)Cc2sccc2C)cc1Cl. The van der Waals surface area contributed by atoms with Gasteiger partial charge in [0, 0.05) is 10.8 Å². The zero-order valence-electron chi connectivity index (χ0n) is 11.9. The van der Waals surface area contributed by atoms with Gasteiger partial charge in [-0.1, -0.05) is 17.7 Å². The summed E-state index contributed by atoms with van der Waals surface area (Å²) in [5.74, 6) is 1.03. The summed E-state index contributed by atoms with van der Waals surface area (Å²) >= 11 is 8.05. The molecule has 1 atom stereocenters. The summed E-state index contributed by atoms with van der Waals surface area (Å²) in [7, 11) is 0. The maximum Gasteiger partial charge on any atom is 0.137 e. The highest BCUT2D eigenvalue weighted by molar-refractivity contribution is 7.10. The van der Waals surface area contributed by atoms with E-state index >= 15 is 0 Å². The van der Waals surface area contributed by atoms with Crippen molar-refractivity contribution in [2.75, 3.05) is 13.2 Å². The van der Waals surface area contributed by atoms with Crippen LogP contribution in [0.15, 0.2) is 29.6 Å². The van der Waals surface area contributed by atoms with Crippen LogP contribution < -0.4 is 10.5 Å². The molecule has 0 saturated carbocycles. The molecule has 0 aliphatic rings. The monoisotopic (exact) mass is 309 g/mol. The lowest BCUT2D eigenvalue weighted by molar-refractivity contribution is 0.340. The summed E-state index contributed by atoms with van der Waals surface area (Å²) < 4.78 is 5.47. The van der Waals surface area contributed by atoms with E-state index in [1.807, 2.05) is 19.1 Å². The van der Waals surface area contributed by atoms with Crippen LogP contribution >= 0.6 is 22.9 Å². The van der Waals surface area contributed by atoms with E-state index in [4.69, 9.17) is 22.1 Å². The van der Waals surface area contributed by atoms with Gasteiger partial charge in [-0.2, -0.15) is 0 Å². The molecule has 2 rings (SSSR count). The molecule has 1 heterocycles. The molecule has 0 fully saturated rings. The molecule has 1 unspecified atom stereocenters. The van der Waals surface area contributed by atoms with Crippen molar-refractivity contribution in [3.63, 3.8) is 0 Å². The van der Waals surface area contributed by atoms with E-state index in [1.54, 1.807) is 11.3 Å². The lowest BCUT2D eigenvalue weighted by Gasteiger charge is -2.16. The fourth-order valence-corrected chi connectivity index (χ4v) is 3.45. The van der Waals surface area contributed by atoms with E-state index in [-0.39, 0.29) is 0 Å². The van der Waals surface area contributed by atoms with Crippen molar-refractivity contribution < 1.29 is 4.74 Å². The van der Waals surface area contributed by atoms with Crippen LogP contribution in [-0.2, 0) is 6.42 Å². The molecule has 0 bridgehead atoms. The molecular formula is C16H20ClNOS. The van der Waals surface area contributed by atoms with Gasteiger partial charge in [0.15, 0.2) is 0 Å². The highest BCUT2D eigenvalue weighted by Gasteiger charge is 2.14. The number of halogens is 1. The maximum atomic E-state index is 6.26. The van der Waals surface area contributed by atoms with Crippen molar-refractivity contribution in [2.24, 2.45) is 5.73 Å². The molecule has 4 heteroatoms. The Morgan fingerprint density at radius 2 is 2.15 bits per heavy atom. The van der Waals surface area contributed by atoms with E-state index in [1.165, 1.54) is 16.0 Å². The van der Waals surface area contributed by atoms with Gasteiger partial charge in [-0.3, -0.25) is 0 Å². The molecule has 2 nitrogen and oxygen atoms in total. The summed E-state index contributed by atoms with van der Waals surface area (Å²) in [5, 5.41) is 2.79. The number of nitrogens with two attached hydrogens (primary N) is 1. The van der Waals surface area contributed by atoms with Crippen LogP contribution in [0.2, 0.25) is 5.02 Å². The van der Waals surface area contributed by atoms with Crippen molar-refractivity contribution in [2.45, 2.75) is 26.2 Å². The standard InChI is InChI=1S/C16H20ClNOS/c1-3-19-15-5-4-12(8-14(15)17)13(10-18)9-16-11(2)6-7-20-16/h4-8,13H,3,9-10,18H2,1-2H3. The van der Waals surface area contributed by atoms with Gasteiger partial charge in [0.05, 0.1) is 11.6 Å². The van der Waals surface area contributed by atoms with Gasteiger partial charge < -0.3 is 10.5 Å². The number of aryl methyl sites for hydroxylation is 1. The van der Waals surface area contributed by atoms with E-state index in [0.717, 1.165) is 12.2 Å². The summed E-state index contributed by atoms with van der Waals surface area (Å²) in [6.45, 7) is 5.33. The Hall–Kier alpha value is -1.03. The number of hydrogen-bond donors (Lipinski definition) is 1. The largest absolute Gasteiger partial charge is 0.492 e. The van der Waals surface area contributed by atoms with Gasteiger partial charge in [-0.15, -0.1) is 11.3 Å². The van der Waals surface area contributed by atoms with Crippen molar-refractivity contribution >= 4 is 22.9 Å². The molecule has 0 aliphatic carbocycles. The predicted molar refractivity (Wildman–Crippen MR) is 87.2 cm³/mol. The summed E-state index contributed by atoms with van der Waals surface area (Å²) in [4.78, 5) is 1.39. The highest BCUT2D eigenvalue weighted by atomic mass is 35.5. The third-order valence-electron chi connectivity index (χ3n) is 3.41. The number of ether oxygens (including phenoxy) is 1. The first-order chi connectivity index (χ1) is 9.65. The normalized spacial score (nSPS) is 12.4. The third-order valence-corrected chi connectivity index (χ3v) is 4.75. The minimum absolute atomic E-state index is 0.292. The fourth-order valence-electron chi connectivity index (χ4n) is 2.22. The molecule has 0 radical (unpaired) electrons. The lowest BCUT2D eigenvalue weighted by Crippen LogP contribution is -2.15. The second-order valence-corrected chi connectivity index (χ2v) is 6.19. The van der Waals surface area contributed by atoms with E-state index < -0.39 is 0 Å². The van der Waals surface area contributed by atoms with Crippen LogP contribution in [0.3, 0.4) is 0 Å². The van der Waals surface area contributed by atoms with Crippen LogP contribution in [0.4, 0.5) is 0 Å². The first kappa shape index (κ1) is 15.4. The quantitative estimate of drug-likeness (QED) is 0.858. The van der Waals surface area contributed by atoms with Gasteiger partial charge in [0.1, 0.15) is 5.75 Å². The third kappa shape index (κ3) is 3.54. The van der Waals surface area contributed by atoms with Crippen molar-refractivity contribution in [3.05, 3.63) is 50.7 Å². The smallest absolute Gasteiger partial charge is 0.137 e. The van der Waals surface area contributed by atoms with Crippen LogP contribution in [0.25, 0.3) is 0 Å². The van der Waals surface area contributed by atoms with Gasteiger partial charge in [-0.05, 0) is 61.5 Å². The van der Waals surface area contributed by atoms with Crippen molar-refractivity contribution in [1.82, 2.24) is 0 Å². The second-order valence-electron chi connectivity index (χ2n) is 4.79. The lowest BCUT2D eigenvalue weighted by atomic mass is 9.94. The highest BCUT2D eigenvalue weighted by Crippen LogP contribution is 2.31. The van der Waals surface area contributed by atoms with Gasteiger partial charge in [0.25, 0.3) is 0 Å². The molecule has 0 saturated heterocycles. The molecule has 1 aromatic heterocycles. The number of thiophene rings is 1. The average Bonchev–Trinajstić information content (AvgIpc) is 2.84. The zero-order chi connectivity index (χ0) is 14.5. The number of benzene rings is 1. The zero-order valence-corrected chi connectivity index (χ0v) is 13.4. The molecule has 0 spiro atoms. The number of rotatable bonds is 6. The molecular weight excluding hydrogens is 290 g/mol. The van der Waals surface area contributed by atoms with Gasteiger partial charge >= 0.3 is 0 Å². The van der Waals surface area contributed by atoms with Gasteiger partial charge in [0.2, 0.25) is 0 Å². The summed E-state index contributed by atoms with van der Waals surface area (Å²) in [5.41, 5.74) is 8.46. The molecule has 0 aliphatic heterocycles. The Bertz CT molecular complexity index is 567. The Kier molecular flexibility index (Phi) is 5.46. The average molecular weight is 310 g/mol. The Morgan fingerprint density at radius 1 is 1.35 bits per heavy atom. The van der Waals surface area contributed by atoms with Crippen LogP contribution in [0.5, 0.6) is 5.75 Å².